The first kappa shape index (κ1) is 15.1. The Morgan fingerprint density at radius 2 is 2.20 bits per heavy atom. The van der Waals surface area contributed by atoms with Crippen molar-refractivity contribution in [2.45, 2.75) is 25.9 Å². The number of likely N-dealkylation sites (tertiary alicyclic amines) is 1. The van der Waals surface area contributed by atoms with Crippen molar-refractivity contribution in [3.05, 3.63) is 33.7 Å². The molecule has 0 aliphatic carbocycles. The highest BCUT2D eigenvalue weighted by Crippen LogP contribution is 2.15. The van der Waals surface area contributed by atoms with E-state index in [2.05, 4.69) is 4.98 Å². The molecule has 1 aromatic rings. The van der Waals surface area contributed by atoms with Crippen molar-refractivity contribution in [3.8, 4) is 0 Å². The number of hydrogen-bond donors (Lipinski definition) is 1. The Labute approximate surface area is 122 Å². The molecular weight excluding hydrogens is 280 g/mol. The van der Waals surface area contributed by atoms with Crippen LogP contribution in [0.4, 0.5) is 0 Å². The van der Waals surface area contributed by atoms with Crippen LogP contribution in [0.25, 0.3) is 0 Å². The number of piperidine rings is 1. The van der Waals surface area contributed by atoms with Gasteiger partial charge in [-0.05, 0) is 19.8 Å². The van der Waals surface area contributed by atoms with E-state index in [0.717, 1.165) is 18.5 Å². The van der Waals surface area contributed by atoms with Crippen LogP contribution in [0, 0.1) is 6.92 Å². The molecule has 2 rings (SSSR count). The Kier molecular flexibility index (Phi) is 5.20. The first-order valence-electron chi connectivity index (χ1n) is 6.78. The van der Waals surface area contributed by atoms with E-state index in [1.165, 1.54) is 12.3 Å². The van der Waals surface area contributed by atoms with Crippen molar-refractivity contribution in [1.82, 2.24) is 9.88 Å². The number of H-pyrrole nitrogens is 1. The van der Waals surface area contributed by atoms with Gasteiger partial charge in [-0.15, -0.1) is 11.6 Å². The third-order valence-electron chi connectivity index (χ3n) is 3.45. The van der Waals surface area contributed by atoms with Crippen molar-refractivity contribution < 1.29 is 9.53 Å². The van der Waals surface area contributed by atoms with Gasteiger partial charge in [0, 0.05) is 36.9 Å². The summed E-state index contributed by atoms with van der Waals surface area (Å²) < 4.78 is 5.57. The average Bonchev–Trinajstić information content (AvgIpc) is 2.45. The summed E-state index contributed by atoms with van der Waals surface area (Å²) in [7, 11) is 0. The van der Waals surface area contributed by atoms with Crippen LogP contribution >= 0.6 is 11.6 Å². The Morgan fingerprint density at radius 1 is 1.50 bits per heavy atom. The quantitative estimate of drug-likeness (QED) is 0.858. The van der Waals surface area contributed by atoms with Crippen molar-refractivity contribution in [2.75, 3.05) is 25.6 Å². The lowest BCUT2D eigenvalue weighted by Crippen LogP contribution is -2.42. The van der Waals surface area contributed by atoms with Crippen LogP contribution in [0.15, 0.2) is 17.1 Å². The molecule has 0 aromatic carbocycles. The summed E-state index contributed by atoms with van der Waals surface area (Å²) >= 11 is 5.58. The van der Waals surface area contributed by atoms with E-state index < -0.39 is 0 Å². The van der Waals surface area contributed by atoms with E-state index >= 15 is 0 Å². The second kappa shape index (κ2) is 6.90. The molecule has 20 heavy (non-hydrogen) atoms. The summed E-state index contributed by atoms with van der Waals surface area (Å²) in [5.41, 5.74) is 0.724. The monoisotopic (exact) mass is 298 g/mol. The number of carbonyl (C=O) groups excluding carboxylic acids is 1. The minimum atomic E-state index is -0.230. The molecule has 1 amide bonds. The molecule has 1 aromatic heterocycles. The van der Waals surface area contributed by atoms with Crippen LogP contribution in [0.1, 0.15) is 28.9 Å². The third kappa shape index (κ3) is 3.61. The second-order valence-corrected chi connectivity index (χ2v) is 5.32. The Morgan fingerprint density at radius 3 is 2.80 bits per heavy atom. The molecule has 110 valence electrons. The number of aromatic amines is 1. The fraction of sp³-hybridized carbons (Fsp3) is 0.571. The summed E-state index contributed by atoms with van der Waals surface area (Å²) in [6.45, 7) is 3.55. The number of alkyl halides is 1. The Hall–Kier alpha value is -1.33. The summed E-state index contributed by atoms with van der Waals surface area (Å²) in [5.74, 6) is 0.278. The molecule has 0 spiro atoms. The summed E-state index contributed by atoms with van der Waals surface area (Å²) in [5, 5.41) is 0. The first-order chi connectivity index (χ1) is 9.61. The van der Waals surface area contributed by atoms with Crippen LogP contribution in [-0.4, -0.2) is 47.5 Å². The highest BCUT2D eigenvalue weighted by Gasteiger charge is 2.25. The smallest absolute Gasteiger partial charge is 0.259 e. The molecule has 1 N–H and O–H groups in total. The number of carbonyl (C=O) groups is 1. The zero-order valence-electron chi connectivity index (χ0n) is 11.5. The van der Waals surface area contributed by atoms with Gasteiger partial charge in [-0.3, -0.25) is 9.59 Å². The van der Waals surface area contributed by atoms with Crippen LogP contribution in [0.5, 0.6) is 0 Å². The van der Waals surface area contributed by atoms with E-state index in [9.17, 15) is 9.59 Å². The van der Waals surface area contributed by atoms with Gasteiger partial charge < -0.3 is 14.6 Å². The molecule has 2 heterocycles. The maximum absolute atomic E-state index is 12.3. The van der Waals surface area contributed by atoms with Crippen LogP contribution in [0.3, 0.4) is 0 Å². The topological polar surface area (TPSA) is 62.4 Å². The van der Waals surface area contributed by atoms with E-state index in [0.29, 0.717) is 25.6 Å². The highest BCUT2D eigenvalue weighted by atomic mass is 35.5. The molecule has 0 atom stereocenters. The molecule has 1 saturated heterocycles. The largest absolute Gasteiger partial charge is 0.377 e. The van der Waals surface area contributed by atoms with E-state index in [1.807, 2.05) is 0 Å². The molecule has 0 unspecified atom stereocenters. The Balaban J connectivity index is 1.96. The van der Waals surface area contributed by atoms with Gasteiger partial charge in [-0.25, -0.2) is 0 Å². The number of nitrogens with one attached hydrogen (secondary N) is 1. The lowest BCUT2D eigenvalue weighted by molar-refractivity contribution is 0.0153. The zero-order valence-corrected chi connectivity index (χ0v) is 12.3. The van der Waals surface area contributed by atoms with Gasteiger partial charge in [0.25, 0.3) is 5.91 Å². The number of amides is 1. The summed E-state index contributed by atoms with van der Waals surface area (Å²) in [6, 6.07) is 1.45. The van der Waals surface area contributed by atoms with Gasteiger partial charge in [-0.1, -0.05) is 0 Å². The van der Waals surface area contributed by atoms with E-state index in [4.69, 9.17) is 16.3 Å². The predicted molar refractivity (Wildman–Crippen MR) is 77.4 cm³/mol. The second-order valence-electron chi connectivity index (χ2n) is 4.95. The van der Waals surface area contributed by atoms with Gasteiger partial charge in [-0.2, -0.15) is 0 Å². The average molecular weight is 299 g/mol. The summed E-state index contributed by atoms with van der Waals surface area (Å²) in [4.78, 5) is 28.7. The Bertz CT molecular complexity index is 521. The van der Waals surface area contributed by atoms with Crippen molar-refractivity contribution in [1.29, 1.82) is 0 Å². The molecule has 0 radical (unpaired) electrons. The number of nitrogens with zero attached hydrogens (tertiary/aromatic N) is 1. The molecule has 5 nitrogen and oxygen atoms in total. The van der Waals surface area contributed by atoms with Gasteiger partial charge in [0.2, 0.25) is 0 Å². The van der Waals surface area contributed by atoms with Gasteiger partial charge in [0.1, 0.15) is 5.56 Å². The molecule has 6 heteroatoms. The normalized spacial score (nSPS) is 16.4. The maximum Gasteiger partial charge on any atom is 0.259 e. The first-order valence-corrected chi connectivity index (χ1v) is 7.31. The van der Waals surface area contributed by atoms with Crippen LogP contribution in [-0.2, 0) is 4.74 Å². The maximum atomic E-state index is 12.3. The standard InChI is InChI=1S/C14H19ClN2O3/c1-10-8-13(18)12(9-16-10)14(19)17-5-2-11(3-6-17)20-7-4-15/h8-9,11H,2-7H2,1H3,(H,16,18). The molecule has 1 aliphatic rings. The fourth-order valence-corrected chi connectivity index (χ4v) is 2.44. The van der Waals surface area contributed by atoms with E-state index in [1.54, 1.807) is 11.8 Å². The van der Waals surface area contributed by atoms with Crippen molar-refractivity contribution in [3.63, 3.8) is 0 Å². The summed E-state index contributed by atoms with van der Waals surface area (Å²) in [6.07, 6.45) is 3.23. The minimum absolute atomic E-state index is 0.161. The van der Waals surface area contributed by atoms with Gasteiger partial charge in [0.05, 0.1) is 12.7 Å². The number of rotatable bonds is 4. The van der Waals surface area contributed by atoms with Crippen molar-refractivity contribution in [2.24, 2.45) is 0 Å². The zero-order chi connectivity index (χ0) is 14.5. The highest BCUT2D eigenvalue weighted by molar-refractivity contribution is 6.17. The number of aromatic nitrogens is 1. The molecule has 0 bridgehead atoms. The number of ether oxygens (including phenoxy) is 1. The molecular formula is C14H19ClN2O3. The number of hydrogen-bond acceptors (Lipinski definition) is 3. The van der Waals surface area contributed by atoms with Crippen molar-refractivity contribution >= 4 is 17.5 Å². The molecule has 1 fully saturated rings. The SMILES string of the molecule is Cc1cc(=O)c(C(=O)N2CCC(OCCCl)CC2)c[nH]1. The van der Waals surface area contributed by atoms with Crippen LogP contribution < -0.4 is 5.43 Å². The minimum Gasteiger partial charge on any atom is -0.377 e. The lowest BCUT2D eigenvalue weighted by atomic mass is 10.1. The molecule has 1 aliphatic heterocycles. The molecule has 0 saturated carbocycles. The number of halogens is 1. The van der Waals surface area contributed by atoms with E-state index in [-0.39, 0.29) is 23.0 Å². The van der Waals surface area contributed by atoms with Crippen LogP contribution in [0.2, 0.25) is 0 Å². The third-order valence-corrected chi connectivity index (χ3v) is 3.60. The fourth-order valence-electron chi connectivity index (χ4n) is 2.35. The number of pyridine rings is 1. The number of aryl methyl sites for hydroxylation is 1. The van der Waals surface area contributed by atoms with Gasteiger partial charge >= 0.3 is 0 Å². The predicted octanol–water partition coefficient (Wildman–Crippen LogP) is 1.54. The lowest BCUT2D eigenvalue weighted by Gasteiger charge is -2.31. The van der Waals surface area contributed by atoms with Gasteiger partial charge in [0.15, 0.2) is 5.43 Å².